The van der Waals surface area contributed by atoms with Crippen molar-refractivity contribution in [2.45, 2.75) is 25.8 Å². The summed E-state index contributed by atoms with van der Waals surface area (Å²) in [5.41, 5.74) is 8.10. The fourth-order valence-corrected chi connectivity index (χ4v) is 3.38. The maximum absolute atomic E-state index is 13.3. The summed E-state index contributed by atoms with van der Waals surface area (Å²) < 4.78 is 13.3. The predicted molar refractivity (Wildman–Crippen MR) is 93.1 cm³/mol. The molecule has 3 rings (SSSR count). The number of hydrogen-bond acceptors (Lipinski definition) is 2. The summed E-state index contributed by atoms with van der Waals surface area (Å²) in [4.78, 5) is 13.5. The van der Waals surface area contributed by atoms with Crippen LogP contribution in [-0.4, -0.2) is 23.9 Å². The topological polar surface area (TPSA) is 46.3 Å². The molecule has 2 aromatic rings. The van der Waals surface area contributed by atoms with Crippen LogP contribution in [0.2, 0.25) is 0 Å². The quantitative estimate of drug-likeness (QED) is 0.915. The number of halogens is 1. The van der Waals surface area contributed by atoms with Crippen LogP contribution in [0.4, 0.5) is 4.39 Å². The zero-order valence-electron chi connectivity index (χ0n) is 13.7. The number of nitrogens with zero attached hydrogens (tertiary/aromatic N) is 1. The molecule has 1 heterocycles. The van der Waals surface area contributed by atoms with Gasteiger partial charge in [0.1, 0.15) is 5.82 Å². The van der Waals surface area contributed by atoms with Gasteiger partial charge in [-0.15, -0.1) is 0 Å². The Morgan fingerprint density at radius 3 is 2.42 bits per heavy atom. The molecule has 0 aliphatic carbocycles. The van der Waals surface area contributed by atoms with E-state index in [-0.39, 0.29) is 11.7 Å². The number of benzene rings is 2. The van der Waals surface area contributed by atoms with Gasteiger partial charge >= 0.3 is 0 Å². The number of nitrogens with two attached hydrogens (primary N) is 1. The van der Waals surface area contributed by atoms with E-state index in [0.717, 1.165) is 44.5 Å². The summed E-state index contributed by atoms with van der Waals surface area (Å²) in [6.45, 7) is 3.00. The first-order valence-corrected chi connectivity index (χ1v) is 8.46. The maximum Gasteiger partial charge on any atom is 0.248 e. The minimum atomic E-state index is -0.389. The fourth-order valence-electron chi connectivity index (χ4n) is 3.38. The molecular formula is C20H23FN2O. The van der Waals surface area contributed by atoms with Gasteiger partial charge in [0, 0.05) is 12.1 Å². The van der Waals surface area contributed by atoms with Crippen LogP contribution in [0.1, 0.15) is 34.3 Å². The molecule has 0 bridgehead atoms. The summed E-state index contributed by atoms with van der Waals surface area (Å²) in [6.07, 6.45) is 3.23. The van der Waals surface area contributed by atoms with Gasteiger partial charge in [-0.3, -0.25) is 9.69 Å². The number of carbonyl (C=O) groups is 1. The highest BCUT2D eigenvalue weighted by molar-refractivity contribution is 5.92. The third-order valence-electron chi connectivity index (χ3n) is 4.77. The zero-order valence-corrected chi connectivity index (χ0v) is 13.7. The molecule has 3 nitrogen and oxygen atoms in total. The number of piperidine rings is 1. The van der Waals surface area contributed by atoms with Gasteiger partial charge in [-0.1, -0.05) is 24.3 Å². The van der Waals surface area contributed by atoms with Crippen LogP contribution in [0.5, 0.6) is 0 Å². The zero-order chi connectivity index (χ0) is 16.9. The Kier molecular flexibility index (Phi) is 5.26. The molecule has 1 saturated heterocycles. The van der Waals surface area contributed by atoms with Crippen molar-refractivity contribution in [2.75, 3.05) is 13.1 Å². The molecule has 0 spiro atoms. The number of amides is 1. The van der Waals surface area contributed by atoms with Crippen molar-refractivity contribution >= 4 is 5.91 Å². The van der Waals surface area contributed by atoms with E-state index in [9.17, 15) is 9.18 Å². The molecule has 1 fully saturated rings. The van der Waals surface area contributed by atoms with Crippen LogP contribution in [0.3, 0.4) is 0 Å². The van der Waals surface area contributed by atoms with E-state index in [1.165, 1.54) is 11.6 Å². The molecule has 126 valence electrons. The Morgan fingerprint density at radius 1 is 1.08 bits per heavy atom. The average Bonchev–Trinajstić information content (AvgIpc) is 2.57. The van der Waals surface area contributed by atoms with E-state index in [4.69, 9.17) is 5.73 Å². The molecule has 24 heavy (non-hydrogen) atoms. The lowest BCUT2D eigenvalue weighted by molar-refractivity contribution is 0.1000. The summed E-state index contributed by atoms with van der Waals surface area (Å²) in [5.74, 6) is 0.0874. The second-order valence-electron chi connectivity index (χ2n) is 6.61. The molecule has 0 saturated carbocycles. The molecule has 2 aromatic carbocycles. The molecule has 1 aliphatic heterocycles. The molecule has 1 amide bonds. The molecule has 4 heteroatoms. The van der Waals surface area contributed by atoms with E-state index in [1.54, 1.807) is 24.3 Å². The van der Waals surface area contributed by atoms with E-state index in [1.807, 2.05) is 18.2 Å². The first-order valence-electron chi connectivity index (χ1n) is 8.46. The van der Waals surface area contributed by atoms with E-state index in [2.05, 4.69) is 4.90 Å². The van der Waals surface area contributed by atoms with Crippen LogP contribution in [0.15, 0.2) is 48.5 Å². The molecule has 0 aromatic heterocycles. The van der Waals surface area contributed by atoms with Gasteiger partial charge in [0.05, 0.1) is 0 Å². The second kappa shape index (κ2) is 7.58. The largest absolute Gasteiger partial charge is 0.366 e. The van der Waals surface area contributed by atoms with E-state index in [0.29, 0.717) is 11.5 Å². The average molecular weight is 326 g/mol. The molecule has 1 aliphatic rings. The Bertz CT molecular complexity index is 691. The fraction of sp³-hybridized carbons (Fsp3) is 0.350. The van der Waals surface area contributed by atoms with E-state index >= 15 is 0 Å². The summed E-state index contributed by atoms with van der Waals surface area (Å²) in [7, 11) is 0. The van der Waals surface area contributed by atoms with Crippen LogP contribution in [0, 0.1) is 11.7 Å². The highest BCUT2D eigenvalue weighted by Gasteiger charge is 2.19. The van der Waals surface area contributed by atoms with Gasteiger partial charge in [-0.25, -0.2) is 4.39 Å². The second-order valence-corrected chi connectivity index (χ2v) is 6.61. The minimum absolute atomic E-state index is 0.149. The first-order chi connectivity index (χ1) is 11.6. The minimum Gasteiger partial charge on any atom is -0.366 e. The molecule has 0 radical (unpaired) electrons. The van der Waals surface area contributed by atoms with Crippen molar-refractivity contribution in [3.05, 3.63) is 71.0 Å². The number of hydrogen-bond donors (Lipinski definition) is 1. The Hall–Kier alpha value is -2.20. The Morgan fingerprint density at radius 2 is 1.79 bits per heavy atom. The monoisotopic (exact) mass is 326 g/mol. The standard InChI is InChI=1S/C20H23FN2O/c21-19-3-1-2-17(13-19)12-15-8-10-23(11-9-15)14-16-4-6-18(7-5-16)20(22)24/h1-7,13,15H,8-12,14H2,(H2,22,24). The van der Waals surface area contributed by atoms with Crippen molar-refractivity contribution in [2.24, 2.45) is 11.7 Å². The number of rotatable bonds is 5. The molecule has 2 N–H and O–H groups in total. The van der Waals surface area contributed by atoms with Crippen molar-refractivity contribution < 1.29 is 9.18 Å². The molecule has 0 unspecified atom stereocenters. The summed E-state index contributed by atoms with van der Waals surface area (Å²) in [5, 5.41) is 0. The SMILES string of the molecule is NC(=O)c1ccc(CN2CCC(Cc3cccc(F)c3)CC2)cc1. The van der Waals surface area contributed by atoms with Crippen LogP contribution in [-0.2, 0) is 13.0 Å². The summed E-state index contributed by atoms with van der Waals surface area (Å²) >= 11 is 0. The van der Waals surface area contributed by atoms with Crippen molar-refractivity contribution in [3.8, 4) is 0 Å². The highest BCUT2D eigenvalue weighted by Crippen LogP contribution is 2.23. The van der Waals surface area contributed by atoms with Crippen molar-refractivity contribution in [1.29, 1.82) is 0 Å². The lowest BCUT2D eigenvalue weighted by Crippen LogP contribution is -2.33. The number of likely N-dealkylation sites (tertiary alicyclic amines) is 1. The lowest BCUT2D eigenvalue weighted by Gasteiger charge is -2.32. The smallest absolute Gasteiger partial charge is 0.248 e. The van der Waals surface area contributed by atoms with Crippen molar-refractivity contribution in [1.82, 2.24) is 4.90 Å². The van der Waals surface area contributed by atoms with Gasteiger partial charge in [0.15, 0.2) is 0 Å². The third kappa shape index (κ3) is 4.42. The lowest BCUT2D eigenvalue weighted by atomic mass is 9.90. The Labute approximate surface area is 142 Å². The Balaban J connectivity index is 1.49. The maximum atomic E-state index is 13.3. The normalized spacial score (nSPS) is 16.2. The third-order valence-corrected chi connectivity index (χ3v) is 4.77. The molecule has 0 atom stereocenters. The van der Waals surface area contributed by atoms with Crippen molar-refractivity contribution in [3.63, 3.8) is 0 Å². The number of carbonyl (C=O) groups excluding carboxylic acids is 1. The van der Waals surface area contributed by atoms with Crippen LogP contribution in [0.25, 0.3) is 0 Å². The van der Waals surface area contributed by atoms with Gasteiger partial charge in [0.2, 0.25) is 5.91 Å². The summed E-state index contributed by atoms with van der Waals surface area (Å²) in [6, 6.07) is 14.5. The number of primary amides is 1. The van der Waals surface area contributed by atoms with Gasteiger partial charge in [-0.2, -0.15) is 0 Å². The highest BCUT2D eigenvalue weighted by atomic mass is 19.1. The molecular weight excluding hydrogens is 303 g/mol. The van der Waals surface area contributed by atoms with Gasteiger partial charge in [-0.05, 0) is 73.7 Å². The van der Waals surface area contributed by atoms with Gasteiger partial charge < -0.3 is 5.73 Å². The van der Waals surface area contributed by atoms with Crippen LogP contribution < -0.4 is 5.73 Å². The van der Waals surface area contributed by atoms with Crippen LogP contribution >= 0.6 is 0 Å². The first kappa shape index (κ1) is 16.7. The van der Waals surface area contributed by atoms with E-state index < -0.39 is 0 Å². The predicted octanol–water partition coefficient (Wildman–Crippen LogP) is 3.38. The van der Waals surface area contributed by atoms with Gasteiger partial charge in [0.25, 0.3) is 0 Å².